The first-order chi connectivity index (χ1) is 9.70. The van der Waals surface area contributed by atoms with Crippen LogP contribution in [-0.4, -0.2) is 5.91 Å². The van der Waals surface area contributed by atoms with Crippen molar-refractivity contribution in [1.29, 1.82) is 0 Å². The Kier molecular flexibility index (Phi) is 3.74. The lowest BCUT2D eigenvalue weighted by Gasteiger charge is -2.04. The Bertz CT molecular complexity index is 594. The Morgan fingerprint density at radius 3 is 2.80 bits per heavy atom. The highest BCUT2D eigenvalue weighted by Gasteiger charge is 2.14. The van der Waals surface area contributed by atoms with Crippen molar-refractivity contribution in [2.24, 2.45) is 0 Å². The van der Waals surface area contributed by atoms with E-state index in [9.17, 15) is 4.79 Å². The summed E-state index contributed by atoms with van der Waals surface area (Å²) in [6.07, 6.45) is 4.10. The summed E-state index contributed by atoms with van der Waals surface area (Å²) in [4.78, 5) is 14.7. The average molecular weight is 286 g/mol. The van der Waals surface area contributed by atoms with Gasteiger partial charge in [-0.2, -0.15) is 0 Å². The van der Waals surface area contributed by atoms with Gasteiger partial charge in [-0.05, 0) is 48.6 Å². The third-order valence-electron chi connectivity index (χ3n) is 3.60. The van der Waals surface area contributed by atoms with Gasteiger partial charge in [-0.15, -0.1) is 11.3 Å². The summed E-state index contributed by atoms with van der Waals surface area (Å²) >= 11 is 1.84. The number of rotatable bonds is 4. The lowest BCUT2D eigenvalue weighted by atomic mass is 10.1. The van der Waals surface area contributed by atoms with Crippen LogP contribution in [0.4, 0.5) is 5.69 Å². The van der Waals surface area contributed by atoms with Crippen molar-refractivity contribution >= 4 is 22.9 Å². The van der Waals surface area contributed by atoms with Crippen LogP contribution < -0.4 is 11.1 Å². The fourth-order valence-corrected chi connectivity index (χ4v) is 3.75. The molecule has 104 valence electrons. The molecule has 1 aliphatic carbocycles. The number of nitrogen functional groups attached to an aromatic ring is 1. The van der Waals surface area contributed by atoms with E-state index in [1.807, 2.05) is 35.6 Å². The summed E-state index contributed by atoms with van der Waals surface area (Å²) in [6.45, 7) is 0.644. The van der Waals surface area contributed by atoms with Gasteiger partial charge in [-0.1, -0.05) is 12.1 Å². The highest BCUT2D eigenvalue weighted by molar-refractivity contribution is 7.12. The highest BCUT2D eigenvalue weighted by Crippen LogP contribution is 2.30. The highest BCUT2D eigenvalue weighted by atomic mass is 32.1. The van der Waals surface area contributed by atoms with Crippen LogP contribution in [0.1, 0.15) is 27.3 Å². The van der Waals surface area contributed by atoms with Crippen molar-refractivity contribution in [3.63, 3.8) is 0 Å². The molecule has 0 spiro atoms. The number of carbonyl (C=O) groups is 1. The predicted molar refractivity (Wildman–Crippen MR) is 82.7 cm³/mol. The second-order valence-corrected chi connectivity index (χ2v) is 6.43. The molecular formula is C16H18N2OS. The van der Waals surface area contributed by atoms with Crippen LogP contribution in [0.3, 0.4) is 0 Å². The van der Waals surface area contributed by atoms with E-state index < -0.39 is 0 Å². The number of anilines is 1. The first kappa shape index (κ1) is 13.2. The summed E-state index contributed by atoms with van der Waals surface area (Å²) in [5, 5.41) is 2.99. The lowest BCUT2D eigenvalue weighted by molar-refractivity contribution is -0.120. The average Bonchev–Trinajstić information content (AvgIpc) is 3.00. The van der Waals surface area contributed by atoms with Gasteiger partial charge in [0.15, 0.2) is 0 Å². The van der Waals surface area contributed by atoms with E-state index in [-0.39, 0.29) is 5.91 Å². The second kappa shape index (κ2) is 5.67. The molecule has 0 unspecified atom stereocenters. The molecule has 0 aliphatic heterocycles. The van der Waals surface area contributed by atoms with Gasteiger partial charge < -0.3 is 11.1 Å². The van der Waals surface area contributed by atoms with Crippen molar-refractivity contribution in [3.8, 4) is 0 Å². The Hall–Kier alpha value is -1.81. The molecule has 0 saturated carbocycles. The molecule has 3 rings (SSSR count). The van der Waals surface area contributed by atoms with E-state index in [1.165, 1.54) is 34.6 Å². The molecular weight excluding hydrogens is 268 g/mol. The zero-order valence-electron chi connectivity index (χ0n) is 11.3. The van der Waals surface area contributed by atoms with E-state index in [0.29, 0.717) is 13.0 Å². The summed E-state index contributed by atoms with van der Waals surface area (Å²) in [6, 6.07) is 9.69. The van der Waals surface area contributed by atoms with E-state index in [1.54, 1.807) is 0 Å². The summed E-state index contributed by atoms with van der Waals surface area (Å²) in [7, 11) is 0. The lowest BCUT2D eigenvalue weighted by Crippen LogP contribution is -2.24. The molecule has 1 heterocycles. The molecule has 1 aromatic carbocycles. The number of nitrogens with two attached hydrogens (primary N) is 1. The minimum atomic E-state index is 0.0586. The Balaban J connectivity index is 1.52. The number of nitrogens with one attached hydrogen (secondary N) is 1. The second-order valence-electron chi connectivity index (χ2n) is 5.21. The molecule has 20 heavy (non-hydrogen) atoms. The first-order valence-corrected chi connectivity index (χ1v) is 7.74. The van der Waals surface area contributed by atoms with E-state index in [0.717, 1.165) is 11.3 Å². The quantitative estimate of drug-likeness (QED) is 0.849. The number of hydrogen-bond donors (Lipinski definition) is 2. The molecule has 0 fully saturated rings. The standard InChI is InChI=1S/C16H18N2OS/c17-13-6-4-11(5-7-13)8-16(19)18-10-14-9-12-2-1-3-15(12)20-14/h4-7,9H,1-3,8,10,17H2,(H,18,19). The monoisotopic (exact) mass is 286 g/mol. The van der Waals surface area contributed by atoms with Crippen LogP contribution in [0.25, 0.3) is 0 Å². The molecule has 4 heteroatoms. The molecule has 0 saturated heterocycles. The van der Waals surface area contributed by atoms with Crippen molar-refractivity contribution in [2.45, 2.75) is 32.2 Å². The maximum Gasteiger partial charge on any atom is 0.224 e. The van der Waals surface area contributed by atoms with Gasteiger partial charge in [-0.3, -0.25) is 4.79 Å². The van der Waals surface area contributed by atoms with Crippen molar-refractivity contribution in [1.82, 2.24) is 5.32 Å². The van der Waals surface area contributed by atoms with Gasteiger partial charge in [0, 0.05) is 15.4 Å². The Labute approximate surface area is 122 Å². The molecule has 1 amide bonds. The van der Waals surface area contributed by atoms with Gasteiger partial charge in [0.25, 0.3) is 0 Å². The number of amides is 1. The van der Waals surface area contributed by atoms with Crippen LogP contribution in [0, 0.1) is 0 Å². The van der Waals surface area contributed by atoms with Crippen molar-refractivity contribution in [2.75, 3.05) is 5.73 Å². The summed E-state index contributed by atoms with van der Waals surface area (Å²) in [5.41, 5.74) is 8.83. The molecule has 0 radical (unpaired) electrons. The number of aryl methyl sites for hydroxylation is 2. The number of hydrogen-bond acceptors (Lipinski definition) is 3. The molecule has 1 aromatic heterocycles. The van der Waals surface area contributed by atoms with Crippen molar-refractivity contribution < 1.29 is 4.79 Å². The smallest absolute Gasteiger partial charge is 0.224 e. The minimum absolute atomic E-state index is 0.0586. The molecule has 0 atom stereocenters. The topological polar surface area (TPSA) is 55.1 Å². The van der Waals surface area contributed by atoms with Crippen molar-refractivity contribution in [3.05, 3.63) is 51.2 Å². The zero-order valence-corrected chi connectivity index (χ0v) is 12.1. The maximum atomic E-state index is 11.9. The van der Waals surface area contributed by atoms with E-state index >= 15 is 0 Å². The zero-order chi connectivity index (χ0) is 13.9. The van der Waals surface area contributed by atoms with E-state index in [4.69, 9.17) is 5.73 Å². The maximum absolute atomic E-state index is 11.9. The van der Waals surface area contributed by atoms with Gasteiger partial charge in [0.05, 0.1) is 13.0 Å². The fourth-order valence-electron chi connectivity index (χ4n) is 2.55. The van der Waals surface area contributed by atoms with Crippen LogP contribution in [0.15, 0.2) is 30.3 Å². The van der Waals surface area contributed by atoms with Crippen LogP contribution >= 0.6 is 11.3 Å². The third kappa shape index (κ3) is 3.02. The first-order valence-electron chi connectivity index (χ1n) is 6.92. The Morgan fingerprint density at radius 2 is 2.05 bits per heavy atom. The molecule has 2 aromatic rings. The van der Waals surface area contributed by atoms with Gasteiger partial charge in [0.1, 0.15) is 0 Å². The largest absolute Gasteiger partial charge is 0.399 e. The molecule has 1 aliphatic rings. The molecule has 0 bridgehead atoms. The van der Waals surface area contributed by atoms with Crippen LogP contribution in [-0.2, 0) is 30.6 Å². The van der Waals surface area contributed by atoms with E-state index in [2.05, 4.69) is 11.4 Å². The number of fused-ring (bicyclic) bond motifs is 1. The van der Waals surface area contributed by atoms with Crippen LogP contribution in [0.2, 0.25) is 0 Å². The van der Waals surface area contributed by atoms with Gasteiger partial charge >= 0.3 is 0 Å². The normalized spacial score (nSPS) is 13.2. The van der Waals surface area contributed by atoms with Gasteiger partial charge in [0.2, 0.25) is 5.91 Å². The SMILES string of the molecule is Nc1ccc(CC(=O)NCc2cc3c(s2)CCC3)cc1. The van der Waals surface area contributed by atoms with Crippen LogP contribution in [0.5, 0.6) is 0 Å². The number of carbonyl (C=O) groups excluding carboxylic acids is 1. The Morgan fingerprint density at radius 1 is 1.25 bits per heavy atom. The minimum Gasteiger partial charge on any atom is -0.399 e. The predicted octanol–water partition coefficient (Wildman–Crippen LogP) is 2.68. The number of thiophene rings is 1. The van der Waals surface area contributed by atoms with Gasteiger partial charge in [-0.25, -0.2) is 0 Å². The summed E-state index contributed by atoms with van der Waals surface area (Å²) in [5.74, 6) is 0.0586. The molecule has 3 N–H and O–H groups in total. The third-order valence-corrected chi connectivity index (χ3v) is 4.84. The number of benzene rings is 1. The molecule has 3 nitrogen and oxygen atoms in total. The fraction of sp³-hybridized carbons (Fsp3) is 0.312. The summed E-state index contributed by atoms with van der Waals surface area (Å²) < 4.78 is 0.